The molecule has 1 heterocycles. The molecule has 2 aromatic carbocycles. The van der Waals surface area contributed by atoms with E-state index < -0.39 is 10.8 Å². The Kier molecular flexibility index (Phi) is 5.84. The van der Waals surface area contributed by atoms with Crippen LogP contribution in [-0.2, 0) is 6.61 Å². The Balaban J connectivity index is 1.83. The number of ether oxygens (including phenoxy) is 1. The number of carbonyl (C=O) groups excluding carboxylic acids is 1. The van der Waals surface area contributed by atoms with Gasteiger partial charge in [-0.25, -0.2) is 0 Å². The van der Waals surface area contributed by atoms with Gasteiger partial charge in [0.05, 0.1) is 21.2 Å². The number of anilines is 1. The second-order valence-electron chi connectivity index (χ2n) is 6.45. The van der Waals surface area contributed by atoms with E-state index in [1.807, 2.05) is 32.0 Å². The molecule has 1 amide bonds. The lowest BCUT2D eigenvalue weighted by Gasteiger charge is -2.12. The average Bonchev–Trinajstić information content (AvgIpc) is 3.03. The molecule has 0 saturated carbocycles. The highest BCUT2D eigenvalue weighted by Gasteiger charge is 2.22. The smallest absolute Gasteiger partial charge is 0.278 e. The first kappa shape index (κ1) is 20.3. The maximum absolute atomic E-state index is 12.7. The summed E-state index contributed by atoms with van der Waals surface area (Å²) in [5.41, 5.74) is 2.35. The van der Waals surface area contributed by atoms with Crippen molar-refractivity contribution in [3.63, 3.8) is 0 Å². The zero-order valence-electron chi connectivity index (χ0n) is 16.0. The molecule has 0 saturated heterocycles. The predicted molar refractivity (Wildman–Crippen MR) is 108 cm³/mol. The van der Waals surface area contributed by atoms with E-state index in [0.29, 0.717) is 11.3 Å². The molecular weight excluding hydrogens is 398 g/mol. The summed E-state index contributed by atoms with van der Waals surface area (Å²) >= 11 is 6.05. The molecule has 3 rings (SSSR count). The van der Waals surface area contributed by atoms with Gasteiger partial charge in [-0.3, -0.25) is 14.9 Å². The molecule has 0 fully saturated rings. The monoisotopic (exact) mass is 415 g/mol. The molecule has 1 aromatic heterocycles. The minimum Gasteiger partial charge on any atom is -0.488 e. The highest BCUT2D eigenvalue weighted by atomic mass is 35.5. The Morgan fingerprint density at radius 3 is 2.59 bits per heavy atom. The topological polar surface area (TPSA) is 108 Å². The summed E-state index contributed by atoms with van der Waals surface area (Å²) in [5.74, 6) is 0.553. The number of amides is 1. The Hall–Kier alpha value is -3.39. The van der Waals surface area contributed by atoms with Crippen molar-refractivity contribution in [1.82, 2.24) is 5.16 Å². The number of nitrogens with one attached hydrogen (secondary N) is 1. The number of carbonyl (C=O) groups is 1. The number of benzene rings is 2. The minimum absolute atomic E-state index is 0.0244. The number of aromatic nitrogens is 1. The van der Waals surface area contributed by atoms with Crippen LogP contribution in [0.2, 0.25) is 5.02 Å². The summed E-state index contributed by atoms with van der Waals surface area (Å²) in [6.07, 6.45) is 0. The molecule has 0 aliphatic rings. The molecule has 0 unspecified atom stereocenters. The van der Waals surface area contributed by atoms with Gasteiger partial charge < -0.3 is 14.6 Å². The average molecular weight is 416 g/mol. The molecule has 0 aliphatic carbocycles. The maximum atomic E-state index is 12.7. The quantitative estimate of drug-likeness (QED) is 0.448. The van der Waals surface area contributed by atoms with Crippen LogP contribution in [0.3, 0.4) is 0 Å². The third-order valence-electron chi connectivity index (χ3n) is 4.38. The van der Waals surface area contributed by atoms with Crippen molar-refractivity contribution in [3.05, 3.63) is 79.7 Å². The van der Waals surface area contributed by atoms with Gasteiger partial charge in [0, 0.05) is 12.1 Å². The molecule has 1 N–H and O–H groups in total. The van der Waals surface area contributed by atoms with Crippen molar-refractivity contribution in [2.24, 2.45) is 0 Å². The first-order valence-corrected chi connectivity index (χ1v) is 9.05. The Morgan fingerprint density at radius 1 is 1.24 bits per heavy atom. The molecule has 0 spiro atoms. The maximum Gasteiger partial charge on any atom is 0.278 e. The molecule has 0 bridgehead atoms. The zero-order chi connectivity index (χ0) is 21.1. The highest BCUT2D eigenvalue weighted by Crippen LogP contribution is 2.28. The van der Waals surface area contributed by atoms with Crippen LogP contribution < -0.4 is 10.1 Å². The van der Waals surface area contributed by atoms with E-state index in [4.69, 9.17) is 20.9 Å². The highest BCUT2D eigenvalue weighted by molar-refractivity contribution is 6.34. The lowest BCUT2D eigenvalue weighted by molar-refractivity contribution is -0.384. The van der Waals surface area contributed by atoms with Gasteiger partial charge in [0.2, 0.25) is 0 Å². The number of nitro groups is 1. The fourth-order valence-corrected chi connectivity index (χ4v) is 2.98. The lowest BCUT2D eigenvalue weighted by atomic mass is 10.1. The summed E-state index contributed by atoms with van der Waals surface area (Å²) in [5, 5.41) is 17.5. The lowest BCUT2D eigenvalue weighted by Crippen LogP contribution is -2.16. The van der Waals surface area contributed by atoms with Gasteiger partial charge >= 0.3 is 0 Å². The number of nitro benzene ring substituents is 1. The number of nitrogens with zero attached hydrogens (tertiary/aromatic N) is 2. The summed E-state index contributed by atoms with van der Waals surface area (Å²) in [6, 6.07) is 9.57. The second kappa shape index (κ2) is 8.32. The summed E-state index contributed by atoms with van der Waals surface area (Å²) in [7, 11) is 0. The van der Waals surface area contributed by atoms with E-state index in [-0.39, 0.29) is 28.7 Å². The Bertz CT molecular complexity index is 1070. The molecule has 150 valence electrons. The number of non-ortho nitro benzene ring substituents is 1. The number of para-hydroxylation sites is 1. The molecule has 0 radical (unpaired) electrons. The third-order valence-corrected chi connectivity index (χ3v) is 4.71. The van der Waals surface area contributed by atoms with Gasteiger partial charge in [-0.2, -0.15) is 0 Å². The van der Waals surface area contributed by atoms with E-state index in [9.17, 15) is 14.9 Å². The van der Waals surface area contributed by atoms with Gasteiger partial charge in [-0.15, -0.1) is 0 Å². The Labute approximate surface area is 171 Å². The van der Waals surface area contributed by atoms with E-state index in [1.54, 1.807) is 6.92 Å². The van der Waals surface area contributed by atoms with Crippen LogP contribution >= 0.6 is 11.6 Å². The van der Waals surface area contributed by atoms with Crippen LogP contribution in [0.15, 0.2) is 40.9 Å². The van der Waals surface area contributed by atoms with Gasteiger partial charge in [0.25, 0.3) is 11.6 Å². The van der Waals surface area contributed by atoms with Crippen molar-refractivity contribution in [2.75, 3.05) is 5.32 Å². The predicted octanol–water partition coefficient (Wildman–Crippen LogP) is 4.99. The summed E-state index contributed by atoms with van der Waals surface area (Å²) in [6.45, 7) is 5.61. The van der Waals surface area contributed by atoms with Crippen molar-refractivity contribution in [3.8, 4) is 5.75 Å². The van der Waals surface area contributed by atoms with Crippen molar-refractivity contribution in [1.29, 1.82) is 0 Å². The third kappa shape index (κ3) is 4.38. The van der Waals surface area contributed by atoms with Gasteiger partial charge in [-0.05, 0) is 38.0 Å². The summed E-state index contributed by atoms with van der Waals surface area (Å²) < 4.78 is 11.1. The van der Waals surface area contributed by atoms with Gasteiger partial charge in [0.1, 0.15) is 18.1 Å². The number of hydrogen-bond acceptors (Lipinski definition) is 6. The van der Waals surface area contributed by atoms with Gasteiger partial charge in [0.15, 0.2) is 5.69 Å². The van der Waals surface area contributed by atoms with Crippen LogP contribution in [0.5, 0.6) is 5.75 Å². The van der Waals surface area contributed by atoms with Gasteiger partial charge in [-0.1, -0.05) is 35.0 Å². The normalized spacial score (nSPS) is 10.6. The fourth-order valence-electron chi connectivity index (χ4n) is 2.81. The van der Waals surface area contributed by atoms with Crippen molar-refractivity contribution >= 4 is 28.9 Å². The first-order valence-electron chi connectivity index (χ1n) is 8.67. The number of aryl methyl sites for hydroxylation is 3. The molecule has 9 heteroatoms. The van der Waals surface area contributed by atoms with Crippen LogP contribution in [0.25, 0.3) is 0 Å². The molecule has 0 atom stereocenters. The molecular formula is C20H18ClN3O5. The fraction of sp³-hybridized carbons (Fsp3) is 0.200. The number of hydrogen-bond donors (Lipinski definition) is 1. The molecule has 0 aliphatic heterocycles. The van der Waals surface area contributed by atoms with E-state index >= 15 is 0 Å². The SMILES string of the molecule is Cc1cccc(C)c1OCc1c(C(=O)Nc2cc([N+](=O)[O-])ccc2Cl)noc1C. The van der Waals surface area contributed by atoms with E-state index in [2.05, 4.69) is 10.5 Å². The van der Waals surface area contributed by atoms with Crippen LogP contribution in [0, 0.1) is 30.9 Å². The van der Waals surface area contributed by atoms with Crippen molar-refractivity contribution < 1.29 is 19.0 Å². The first-order chi connectivity index (χ1) is 13.8. The molecule has 29 heavy (non-hydrogen) atoms. The van der Waals surface area contributed by atoms with Crippen LogP contribution in [-0.4, -0.2) is 16.0 Å². The number of halogens is 1. The molecule has 3 aromatic rings. The van der Waals surface area contributed by atoms with Crippen molar-refractivity contribution in [2.45, 2.75) is 27.4 Å². The van der Waals surface area contributed by atoms with Crippen LogP contribution in [0.1, 0.15) is 32.9 Å². The summed E-state index contributed by atoms with van der Waals surface area (Å²) in [4.78, 5) is 23.1. The van der Waals surface area contributed by atoms with E-state index in [0.717, 1.165) is 16.9 Å². The zero-order valence-corrected chi connectivity index (χ0v) is 16.7. The second-order valence-corrected chi connectivity index (χ2v) is 6.86. The Morgan fingerprint density at radius 2 is 1.93 bits per heavy atom. The van der Waals surface area contributed by atoms with E-state index in [1.165, 1.54) is 18.2 Å². The molecule has 8 nitrogen and oxygen atoms in total. The largest absolute Gasteiger partial charge is 0.488 e. The minimum atomic E-state index is -0.607. The standard InChI is InChI=1S/C20H18ClN3O5/c1-11-5-4-6-12(2)19(11)28-10-15-13(3)29-23-18(15)20(25)22-17-9-14(24(26)27)7-8-16(17)21/h4-9H,10H2,1-3H3,(H,22,25). The van der Waals surface area contributed by atoms with Crippen LogP contribution in [0.4, 0.5) is 11.4 Å². The number of rotatable bonds is 6.